The molecule has 1 aromatic carbocycles. The fourth-order valence-corrected chi connectivity index (χ4v) is 2.12. The molecule has 1 heterocycles. The Labute approximate surface area is 96.4 Å². The van der Waals surface area contributed by atoms with Crippen molar-refractivity contribution in [2.24, 2.45) is 5.10 Å². The first-order chi connectivity index (χ1) is 7.85. The zero-order valence-corrected chi connectivity index (χ0v) is 9.63. The summed E-state index contributed by atoms with van der Waals surface area (Å²) in [5, 5.41) is 15.7. The Morgan fingerprint density at radius 1 is 1.38 bits per heavy atom. The van der Waals surface area contributed by atoms with Gasteiger partial charge in [-0.1, -0.05) is 37.3 Å². The second kappa shape index (κ2) is 5.12. The summed E-state index contributed by atoms with van der Waals surface area (Å²) in [5.74, 6) is 0. The molecule has 3 nitrogen and oxygen atoms in total. The molecule has 1 N–H and O–H groups in total. The van der Waals surface area contributed by atoms with E-state index in [0.717, 1.165) is 25.1 Å². The van der Waals surface area contributed by atoms with Gasteiger partial charge in [0.25, 0.3) is 0 Å². The highest BCUT2D eigenvalue weighted by Crippen LogP contribution is 2.30. The molecule has 3 heteroatoms. The Morgan fingerprint density at radius 2 is 2.12 bits per heavy atom. The molecule has 0 saturated carbocycles. The van der Waals surface area contributed by atoms with Gasteiger partial charge in [0.1, 0.15) is 0 Å². The van der Waals surface area contributed by atoms with Crippen molar-refractivity contribution in [3.63, 3.8) is 0 Å². The number of hydrazone groups is 1. The van der Waals surface area contributed by atoms with Crippen molar-refractivity contribution < 1.29 is 5.11 Å². The van der Waals surface area contributed by atoms with Crippen LogP contribution in [0.3, 0.4) is 0 Å². The smallest absolute Gasteiger partial charge is 0.0832 e. The number of hydrogen-bond acceptors (Lipinski definition) is 3. The third kappa shape index (κ3) is 2.25. The minimum absolute atomic E-state index is 0.0730. The number of nitrogens with zero attached hydrogens (tertiary/aromatic N) is 2. The summed E-state index contributed by atoms with van der Waals surface area (Å²) < 4.78 is 0. The van der Waals surface area contributed by atoms with Gasteiger partial charge in [-0.05, 0) is 12.0 Å². The molecule has 0 radical (unpaired) electrons. The summed E-state index contributed by atoms with van der Waals surface area (Å²) in [5.41, 5.74) is 2.17. The van der Waals surface area contributed by atoms with Crippen LogP contribution < -0.4 is 0 Å². The summed E-state index contributed by atoms with van der Waals surface area (Å²) in [6.45, 7) is 3.17. The van der Waals surface area contributed by atoms with Crippen molar-refractivity contribution in [1.82, 2.24) is 5.01 Å². The minimum atomic E-state index is 0.0730. The fourth-order valence-electron chi connectivity index (χ4n) is 2.12. The van der Waals surface area contributed by atoms with Crippen LogP contribution >= 0.6 is 0 Å². The standard InChI is InChI=1S/C13H18N2O/c1-2-8-15-13(9-12(10-16)14-15)11-6-4-3-5-7-11/h3-7,13,16H,2,8-10H2,1H3. The predicted octanol–water partition coefficient (Wildman–Crippen LogP) is 2.19. The molecule has 86 valence electrons. The average Bonchev–Trinajstić information content (AvgIpc) is 2.74. The molecule has 1 aliphatic rings. The summed E-state index contributed by atoms with van der Waals surface area (Å²) >= 11 is 0. The monoisotopic (exact) mass is 218 g/mol. The molecular formula is C13H18N2O. The number of benzene rings is 1. The molecule has 1 unspecified atom stereocenters. The number of aliphatic hydroxyl groups is 1. The minimum Gasteiger partial charge on any atom is -0.390 e. The normalized spacial score (nSPS) is 20.0. The molecule has 1 atom stereocenters. The largest absolute Gasteiger partial charge is 0.390 e. The highest BCUT2D eigenvalue weighted by atomic mass is 16.3. The third-order valence-corrected chi connectivity index (χ3v) is 2.88. The van der Waals surface area contributed by atoms with Crippen molar-refractivity contribution >= 4 is 5.71 Å². The van der Waals surface area contributed by atoms with Gasteiger partial charge in [0.15, 0.2) is 0 Å². The lowest BCUT2D eigenvalue weighted by Gasteiger charge is -2.23. The van der Waals surface area contributed by atoms with E-state index in [2.05, 4.69) is 41.3 Å². The van der Waals surface area contributed by atoms with E-state index in [0.29, 0.717) is 6.04 Å². The van der Waals surface area contributed by atoms with Crippen LogP contribution in [0.25, 0.3) is 0 Å². The molecule has 0 saturated heterocycles. The molecule has 0 spiro atoms. The molecule has 0 amide bonds. The van der Waals surface area contributed by atoms with Crippen LogP contribution in [0.5, 0.6) is 0 Å². The quantitative estimate of drug-likeness (QED) is 0.841. The van der Waals surface area contributed by atoms with Crippen LogP contribution in [-0.4, -0.2) is 29.0 Å². The fraction of sp³-hybridized carbons (Fsp3) is 0.462. The average molecular weight is 218 g/mol. The summed E-state index contributed by atoms with van der Waals surface area (Å²) in [7, 11) is 0. The van der Waals surface area contributed by atoms with Crippen molar-refractivity contribution in [3.8, 4) is 0 Å². The zero-order chi connectivity index (χ0) is 11.4. The maximum atomic E-state index is 9.16. The van der Waals surface area contributed by atoms with Gasteiger partial charge in [0.05, 0.1) is 18.4 Å². The Balaban J connectivity index is 2.16. The highest BCUT2D eigenvalue weighted by molar-refractivity contribution is 5.87. The second-order valence-electron chi connectivity index (χ2n) is 4.12. The van der Waals surface area contributed by atoms with Gasteiger partial charge in [0, 0.05) is 13.0 Å². The maximum Gasteiger partial charge on any atom is 0.0832 e. The predicted molar refractivity (Wildman–Crippen MR) is 65.3 cm³/mol. The van der Waals surface area contributed by atoms with E-state index in [1.165, 1.54) is 5.56 Å². The molecule has 0 bridgehead atoms. The van der Waals surface area contributed by atoms with Gasteiger partial charge in [-0.3, -0.25) is 5.01 Å². The van der Waals surface area contributed by atoms with E-state index < -0.39 is 0 Å². The Hall–Kier alpha value is -1.35. The molecule has 0 fully saturated rings. The zero-order valence-electron chi connectivity index (χ0n) is 9.63. The Bertz CT molecular complexity index is 361. The van der Waals surface area contributed by atoms with Crippen molar-refractivity contribution in [1.29, 1.82) is 0 Å². The first kappa shape index (κ1) is 11.1. The lowest BCUT2D eigenvalue weighted by atomic mass is 10.0. The SMILES string of the molecule is CCCN1N=C(CO)CC1c1ccccc1. The summed E-state index contributed by atoms with van der Waals surface area (Å²) in [6.07, 6.45) is 1.92. The van der Waals surface area contributed by atoms with E-state index in [4.69, 9.17) is 5.11 Å². The van der Waals surface area contributed by atoms with Gasteiger partial charge in [-0.15, -0.1) is 0 Å². The van der Waals surface area contributed by atoms with Gasteiger partial charge < -0.3 is 5.11 Å². The maximum absolute atomic E-state index is 9.16. The molecule has 2 rings (SSSR count). The van der Waals surface area contributed by atoms with Crippen LogP contribution in [-0.2, 0) is 0 Å². The molecule has 1 aliphatic heterocycles. The van der Waals surface area contributed by atoms with Gasteiger partial charge in [0.2, 0.25) is 0 Å². The number of aliphatic hydroxyl groups excluding tert-OH is 1. The first-order valence-corrected chi connectivity index (χ1v) is 5.84. The van der Waals surface area contributed by atoms with E-state index in [1.54, 1.807) is 0 Å². The summed E-state index contributed by atoms with van der Waals surface area (Å²) in [6, 6.07) is 10.7. The topological polar surface area (TPSA) is 35.8 Å². The van der Waals surface area contributed by atoms with E-state index in [9.17, 15) is 0 Å². The lowest BCUT2D eigenvalue weighted by Crippen LogP contribution is -2.20. The Morgan fingerprint density at radius 3 is 2.75 bits per heavy atom. The molecule has 0 aromatic heterocycles. The molecule has 1 aromatic rings. The van der Waals surface area contributed by atoms with Crippen LogP contribution in [0.4, 0.5) is 0 Å². The van der Waals surface area contributed by atoms with E-state index in [-0.39, 0.29) is 6.61 Å². The van der Waals surface area contributed by atoms with Gasteiger partial charge in [-0.2, -0.15) is 5.10 Å². The highest BCUT2D eigenvalue weighted by Gasteiger charge is 2.26. The Kier molecular flexibility index (Phi) is 3.57. The molecular weight excluding hydrogens is 200 g/mol. The molecule has 0 aliphatic carbocycles. The van der Waals surface area contributed by atoms with Crippen molar-refractivity contribution in [3.05, 3.63) is 35.9 Å². The van der Waals surface area contributed by atoms with Crippen LogP contribution in [0.1, 0.15) is 31.4 Å². The van der Waals surface area contributed by atoms with Crippen LogP contribution in [0.2, 0.25) is 0 Å². The van der Waals surface area contributed by atoms with Gasteiger partial charge >= 0.3 is 0 Å². The number of rotatable bonds is 4. The van der Waals surface area contributed by atoms with Crippen molar-refractivity contribution in [2.75, 3.05) is 13.2 Å². The number of hydrogen-bond donors (Lipinski definition) is 1. The first-order valence-electron chi connectivity index (χ1n) is 5.84. The second-order valence-corrected chi connectivity index (χ2v) is 4.12. The summed E-state index contributed by atoms with van der Waals surface area (Å²) in [4.78, 5) is 0. The van der Waals surface area contributed by atoms with Crippen LogP contribution in [0.15, 0.2) is 35.4 Å². The molecule has 16 heavy (non-hydrogen) atoms. The van der Waals surface area contributed by atoms with Crippen LogP contribution in [0, 0.1) is 0 Å². The lowest BCUT2D eigenvalue weighted by molar-refractivity contribution is 0.234. The van der Waals surface area contributed by atoms with Crippen molar-refractivity contribution in [2.45, 2.75) is 25.8 Å². The van der Waals surface area contributed by atoms with E-state index >= 15 is 0 Å². The third-order valence-electron chi connectivity index (χ3n) is 2.88. The van der Waals surface area contributed by atoms with E-state index in [1.807, 2.05) is 6.07 Å². The van der Waals surface area contributed by atoms with Gasteiger partial charge in [-0.25, -0.2) is 0 Å².